The summed E-state index contributed by atoms with van der Waals surface area (Å²) >= 11 is 0. The van der Waals surface area contributed by atoms with E-state index in [1.807, 2.05) is 30.3 Å². The molecular weight excluding hydrogens is 409 g/mol. The van der Waals surface area contributed by atoms with Gasteiger partial charge >= 0.3 is 0 Å². The first kappa shape index (κ1) is 21.6. The van der Waals surface area contributed by atoms with Crippen molar-refractivity contribution >= 4 is 11.8 Å². The van der Waals surface area contributed by atoms with Crippen LogP contribution < -0.4 is 5.32 Å². The van der Waals surface area contributed by atoms with E-state index in [1.54, 1.807) is 36.3 Å². The normalized spacial score (nSPS) is 18.2. The zero-order chi connectivity index (χ0) is 22.6. The molecule has 0 saturated carbocycles. The minimum absolute atomic E-state index is 0.116. The molecule has 1 atom stereocenters. The number of pyridine rings is 1. The van der Waals surface area contributed by atoms with Crippen molar-refractivity contribution in [2.24, 2.45) is 0 Å². The SMILES string of the molecule is CNC(=O)[C@@]1(Cc2cccc(-c3cccc(F)c3)c2)CN(C(=O)c2cccnc2)CCO1. The molecule has 2 heterocycles. The molecular formula is C25H24FN3O3. The van der Waals surface area contributed by atoms with Gasteiger partial charge in [-0.15, -0.1) is 0 Å². The smallest absolute Gasteiger partial charge is 0.255 e. The summed E-state index contributed by atoms with van der Waals surface area (Å²) in [5.74, 6) is -0.796. The van der Waals surface area contributed by atoms with Gasteiger partial charge in [-0.2, -0.15) is 0 Å². The summed E-state index contributed by atoms with van der Waals surface area (Å²) in [5, 5.41) is 2.68. The van der Waals surface area contributed by atoms with Crippen LogP contribution in [0, 0.1) is 5.82 Å². The summed E-state index contributed by atoms with van der Waals surface area (Å²) in [6.07, 6.45) is 3.39. The van der Waals surface area contributed by atoms with E-state index < -0.39 is 5.60 Å². The van der Waals surface area contributed by atoms with Crippen molar-refractivity contribution in [2.75, 3.05) is 26.7 Å². The third-order valence-corrected chi connectivity index (χ3v) is 5.60. The van der Waals surface area contributed by atoms with Crippen LogP contribution in [0.3, 0.4) is 0 Å². The molecule has 2 amide bonds. The highest BCUT2D eigenvalue weighted by molar-refractivity contribution is 5.95. The molecule has 0 aliphatic carbocycles. The number of rotatable bonds is 5. The van der Waals surface area contributed by atoms with E-state index >= 15 is 0 Å². The van der Waals surface area contributed by atoms with Crippen LogP contribution in [0.1, 0.15) is 15.9 Å². The second-order valence-electron chi connectivity index (χ2n) is 7.78. The molecule has 0 radical (unpaired) electrons. The van der Waals surface area contributed by atoms with Gasteiger partial charge in [0, 0.05) is 32.4 Å². The van der Waals surface area contributed by atoms with Crippen LogP contribution in [0.15, 0.2) is 73.1 Å². The highest BCUT2D eigenvalue weighted by Crippen LogP contribution is 2.28. The first-order valence-electron chi connectivity index (χ1n) is 10.4. The van der Waals surface area contributed by atoms with Gasteiger partial charge in [-0.3, -0.25) is 14.6 Å². The number of hydrogen-bond donors (Lipinski definition) is 1. The van der Waals surface area contributed by atoms with Crippen LogP contribution in [-0.2, 0) is 16.0 Å². The van der Waals surface area contributed by atoms with Crippen LogP contribution in [0.5, 0.6) is 0 Å². The Bertz CT molecular complexity index is 1120. The molecule has 32 heavy (non-hydrogen) atoms. The van der Waals surface area contributed by atoms with E-state index in [1.165, 1.54) is 18.3 Å². The Morgan fingerprint density at radius 3 is 2.62 bits per heavy atom. The first-order valence-corrected chi connectivity index (χ1v) is 10.4. The average Bonchev–Trinajstić information content (AvgIpc) is 2.84. The molecule has 1 aliphatic rings. The van der Waals surface area contributed by atoms with Crippen molar-refractivity contribution in [3.8, 4) is 11.1 Å². The zero-order valence-corrected chi connectivity index (χ0v) is 17.8. The summed E-state index contributed by atoms with van der Waals surface area (Å²) in [4.78, 5) is 31.6. The van der Waals surface area contributed by atoms with Gasteiger partial charge in [0.1, 0.15) is 5.82 Å². The average molecular weight is 433 g/mol. The Hall–Kier alpha value is -3.58. The molecule has 3 aromatic rings. The number of aromatic nitrogens is 1. The van der Waals surface area contributed by atoms with Gasteiger partial charge in [0.15, 0.2) is 5.60 Å². The fraction of sp³-hybridized carbons (Fsp3) is 0.240. The Kier molecular flexibility index (Phi) is 6.28. The molecule has 2 aromatic carbocycles. The number of likely N-dealkylation sites (N-methyl/N-ethyl adjacent to an activating group) is 1. The predicted molar refractivity (Wildman–Crippen MR) is 118 cm³/mol. The standard InChI is InChI=1S/C25H24FN3O3/c1-27-24(31)25(17-29(11-12-32-25)23(30)21-8-4-10-28-16-21)15-18-5-2-6-19(13-18)20-7-3-9-22(26)14-20/h2-10,13-14,16H,11-12,15,17H2,1H3,(H,27,31)/t25-/m1/s1. The first-order chi connectivity index (χ1) is 15.5. The minimum Gasteiger partial charge on any atom is -0.361 e. The van der Waals surface area contributed by atoms with E-state index in [0.29, 0.717) is 12.1 Å². The zero-order valence-electron chi connectivity index (χ0n) is 17.8. The maximum absolute atomic E-state index is 13.7. The monoisotopic (exact) mass is 433 g/mol. The van der Waals surface area contributed by atoms with Gasteiger partial charge in [-0.05, 0) is 41.0 Å². The van der Waals surface area contributed by atoms with Crippen molar-refractivity contribution < 1.29 is 18.7 Å². The lowest BCUT2D eigenvalue weighted by molar-refractivity contribution is -0.156. The van der Waals surface area contributed by atoms with Gasteiger partial charge in [0.05, 0.1) is 18.7 Å². The number of carbonyl (C=O) groups is 2. The van der Waals surface area contributed by atoms with Gasteiger partial charge < -0.3 is 15.0 Å². The number of hydrogen-bond acceptors (Lipinski definition) is 4. The van der Waals surface area contributed by atoms with Crippen LogP contribution in [0.4, 0.5) is 4.39 Å². The molecule has 1 fully saturated rings. The molecule has 0 unspecified atom stereocenters. The van der Waals surface area contributed by atoms with Crippen LogP contribution >= 0.6 is 0 Å². The Morgan fingerprint density at radius 1 is 1.12 bits per heavy atom. The topological polar surface area (TPSA) is 71.5 Å². The predicted octanol–water partition coefficient (Wildman–Crippen LogP) is 3.09. The van der Waals surface area contributed by atoms with E-state index in [-0.39, 0.29) is 37.2 Å². The second-order valence-corrected chi connectivity index (χ2v) is 7.78. The number of nitrogens with one attached hydrogen (secondary N) is 1. The van der Waals surface area contributed by atoms with Gasteiger partial charge in [0.25, 0.3) is 11.8 Å². The molecule has 6 nitrogen and oxygen atoms in total. The molecule has 0 spiro atoms. The van der Waals surface area contributed by atoms with Crippen molar-refractivity contribution in [3.05, 3.63) is 90.0 Å². The number of carbonyl (C=O) groups excluding carboxylic acids is 2. The van der Waals surface area contributed by atoms with Crippen LogP contribution in [0.25, 0.3) is 11.1 Å². The van der Waals surface area contributed by atoms with Crippen molar-refractivity contribution in [1.29, 1.82) is 0 Å². The van der Waals surface area contributed by atoms with E-state index in [4.69, 9.17) is 4.74 Å². The number of halogens is 1. The number of nitrogens with zero attached hydrogens (tertiary/aromatic N) is 2. The van der Waals surface area contributed by atoms with E-state index in [2.05, 4.69) is 10.3 Å². The highest BCUT2D eigenvalue weighted by Gasteiger charge is 2.44. The Balaban J connectivity index is 1.62. The largest absolute Gasteiger partial charge is 0.361 e. The molecule has 1 saturated heterocycles. The quantitative estimate of drug-likeness (QED) is 0.671. The maximum atomic E-state index is 13.7. The molecule has 7 heteroatoms. The van der Waals surface area contributed by atoms with E-state index in [9.17, 15) is 14.0 Å². The maximum Gasteiger partial charge on any atom is 0.255 e. The summed E-state index contributed by atoms with van der Waals surface area (Å²) in [7, 11) is 1.55. The molecule has 0 bridgehead atoms. The third kappa shape index (κ3) is 4.53. The minimum atomic E-state index is -1.23. The van der Waals surface area contributed by atoms with Gasteiger partial charge in [0.2, 0.25) is 0 Å². The summed E-state index contributed by atoms with van der Waals surface area (Å²) in [5.41, 5.74) is 1.68. The Labute approximate surface area is 186 Å². The van der Waals surface area contributed by atoms with Crippen LogP contribution in [-0.4, -0.2) is 54.0 Å². The third-order valence-electron chi connectivity index (χ3n) is 5.60. The lowest BCUT2D eigenvalue weighted by Gasteiger charge is -2.41. The summed E-state index contributed by atoms with van der Waals surface area (Å²) in [6, 6.07) is 17.4. The fourth-order valence-electron chi connectivity index (χ4n) is 4.04. The highest BCUT2D eigenvalue weighted by atomic mass is 19.1. The summed E-state index contributed by atoms with van der Waals surface area (Å²) in [6.45, 7) is 0.739. The molecule has 1 aromatic heterocycles. The molecule has 1 N–H and O–H groups in total. The number of benzene rings is 2. The van der Waals surface area contributed by atoms with Crippen molar-refractivity contribution in [1.82, 2.24) is 15.2 Å². The molecule has 1 aliphatic heterocycles. The molecule has 4 rings (SSSR count). The number of ether oxygens (including phenoxy) is 1. The van der Waals surface area contributed by atoms with Crippen molar-refractivity contribution in [3.63, 3.8) is 0 Å². The van der Waals surface area contributed by atoms with Crippen LogP contribution in [0.2, 0.25) is 0 Å². The lowest BCUT2D eigenvalue weighted by atomic mass is 9.89. The summed E-state index contributed by atoms with van der Waals surface area (Å²) < 4.78 is 19.7. The van der Waals surface area contributed by atoms with Crippen molar-refractivity contribution in [2.45, 2.75) is 12.0 Å². The van der Waals surface area contributed by atoms with Gasteiger partial charge in [-0.25, -0.2) is 4.39 Å². The number of morpholine rings is 1. The Morgan fingerprint density at radius 2 is 1.91 bits per heavy atom. The van der Waals surface area contributed by atoms with E-state index in [0.717, 1.165) is 16.7 Å². The number of amides is 2. The second kappa shape index (κ2) is 9.28. The van der Waals surface area contributed by atoms with Gasteiger partial charge in [-0.1, -0.05) is 36.4 Å². The fourth-order valence-corrected chi connectivity index (χ4v) is 4.04. The molecule has 164 valence electrons. The lowest BCUT2D eigenvalue weighted by Crippen LogP contribution is -2.61.